The van der Waals surface area contributed by atoms with E-state index in [1.807, 2.05) is 39.3 Å². The van der Waals surface area contributed by atoms with Gasteiger partial charge in [0.2, 0.25) is 5.28 Å². The van der Waals surface area contributed by atoms with Crippen LogP contribution in [0, 0.1) is 0 Å². The first-order valence-corrected chi connectivity index (χ1v) is 15.9. The Labute approximate surface area is 180 Å². The molecule has 6 heteroatoms. The van der Waals surface area contributed by atoms with E-state index in [4.69, 9.17) is 22.6 Å². The van der Waals surface area contributed by atoms with Crippen LogP contribution in [0.25, 0.3) is 22.8 Å². The Morgan fingerprint density at radius 3 is 1.48 bits per heavy atom. The van der Waals surface area contributed by atoms with Gasteiger partial charge in [0, 0.05) is 11.1 Å². The minimum atomic E-state index is -2.28. The first kappa shape index (κ1) is 11.9. The number of rotatable bonds is 4. The van der Waals surface area contributed by atoms with Crippen LogP contribution in [0.4, 0.5) is 0 Å². The molecule has 2 aromatic carbocycles. The third-order valence-corrected chi connectivity index (χ3v) is 7.47. The summed E-state index contributed by atoms with van der Waals surface area (Å²) in [6.45, 7) is 11.6. The highest BCUT2D eigenvalue weighted by Gasteiger charge is 2.19. The molecular weight excluding hydrogens is 386 g/mol. The summed E-state index contributed by atoms with van der Waals surface area (Å²) in [5.74, 6) is -0.337. The van der Waals surface area contributed by atoms with E-state index in [2.05, 4.69) is 15.0 Å². The topological polar surface area (TPSA) is 38.7 Å². The summed E-state index contributed by atoms with van der Waals surface area (Å²) in [5, 5.41) is 0.485. The molecule has 3 aromatic rings. The normalized spacial score (nSPS) is 16.4. The third kappa shape index (κ3) is 4.72. The van der Waals surface area contributed by atoms with Gasteiger partial charge in [-0.3, -0.25) is 0 Å². The van der Waals surface area contributed by atoms with Crippen LogP contribution in [0.2, 0.25) is 44.6 Å². The van der Waals surface area contributed by atoms with E-state index in [1.165, 1.54) is 0 Å². The molecule has 27 heavy (non-hydrogen) atoms. The van der Waals surface area contributed by atoms with E-state index in [9.17, 15) is 0 Å². The van der Waals surface area contributed by atoms with E-state index in [-0.39, 0.29) is 64.3 Å². The van der Waals surface area contributed by atoms with E-state index in [0.29, 0.717) is 10.4 Å². The number of benzene rings is 2. The third-order valence-electron chi connectivity index (χ3n) is 3.81. The summed E-state index contributed by atoms with van der Waals surface area (Å²) in [6.07, 6.45) is 0. The fourth-order valence-corrected chi connectivity index (χ4v) is 4.27. The molecule has 0 unspecified atom stereocenters. The van der Waals surface area contributed by atoms with Gasteiger partial charge in [0.25, 0.3) is 0 Å². The highest BCUT2D eigenvalue weighted by Crippen LogP contribution is 2.22. The smallest absolute Gasteiger partial charge is 0.208 e. The van der Waals surface area contributed by atoms with Gasteiger partial charge in [0.1, 0.15) is 0 Å². The molecule has 0 bridgehead atoms. The van der Waals surface area contributed by atoms with E-state index < -0.39 is 28.2 Å². The first-order valence-electron chi connectivity index (χ1n) is 12.5. The van der Waals surface area contributed by atoms with Gasteiger partial charge in [-0.25, -0.2) is 4.98 Å². The maximum atomic E-state index is 8.77. The summed E-state index contributed by atoms with van der Waals surface area (Å²) in [5.41, 5.74) is -0.138. The average molecular weight is 420 g/mol. The van der Waals surface area contributed by atoms with Gasteiger partial charge in [-0.15, -0.1) is 0 Å². The summed E-state index contributed by atoms with van der Waals surface area (Å²) in [7, 11) is -4.55. The molecule has 0 N–H and O–H groups in total. The van der Waals surface area contributed by atoms with Crippen LogP contribution in [0.3, 0.4) is 0 Å². The Kier molecular flexibility index (Phi) is 3.21. The van der Waals surface area contributed by atoms with Crippen molar-refractivity contribution in [1.82, 2.24) is 15.0 Å². The minimum Gasteiger partial charge on any atom is -0.208 e. The fraction of sp³-hybridized carbons (Fsp3) is 0.286. The molecule has 0 aliphatic carbocycles. The molecule has 140 valence electrons. The van der Waals surface area contributed by atoms with E-state index >= 15 is 0 Å². The van der Waals surface area contributed by atoms with Gasteiger partial charge < -0.3 is 0 Å². The van der Waals surface area contributed by atoms with Crippen molar-refractivity contribution < 1.29 is 11.0 Å². The van der Waals surface area contributed by atoms with Crippen molar-refractivity contribution in [2.75, 3.05) is 0 Å². The molecule has 0 amide bonds. The Bertz CT molecular complexity index is 1270. The average Bonchev–Trinajstić information content (AvgIpc) is 2.68. The zero-order valence-corrected chi connectivity index (χ0v) is 19.0. The molecule has 0 atom stereocenters. The van der Waals surface area contributed by atoms with Crippen molar-refractivity contribution in [3.8, 4) is 22.8 Å². The lowest BCUT2D eigenvalue weighted by atomic mass is 10.2. The number of hydrogen-bond donors (Lipinski definition) is 0. The lowest BCUT2D eigenvalue weighted by Crippen LogP contribution is -2.37. The van der Waals surface area contributed by atoms with E-state index in [1.54, 1.807) is 0 Å². The van der Waals surface area contributed by atoms with Crippen LogP contribution in [0.1, 0.15) is 11.0 Å². The molecular formula is C21H26ClN3Si2. The van der Waals surface area contributed by atoms with Crippen LogP contribution in [-0.4, -0.2) is 31.1 Å². The highest BCUT2D eigenvalue weighted by molar-refractivity contribution is 6.89. The molecule has 1 heterocycles. The zero-order chi connectivity index (χ0) is 26.8. The maximum absolute atomic E-state index is 8.77. The summed E-state index contributed by atoms with van der Waals surface area (Å²) in [6, 6.07) is -2.03. The van der Waals surface area contributed by atoms with Crippen LogP contribution in [0.15, 0.2) is 48.3 Å². The quantitative estimate of drug-likeness (QED) is 0.561. The SMILES string of the molecule is [2H]c1c([2H])c(-c2nc(Cl)nc(-c3c([2H])c([2H])c([2H])c([Si](C)(C)C)c3[2H])n2)c([2H])c([Si](C)(C)C)c1[2H]. The van der Waals surface area contributed by atoms with Crippen LogP contribution in [-0.2, 0) is 0 Å². The molecule has 0 fully saturated rings. The van der Waals surface area contributed by atoms with Gasteiger partial charge in [0.05, 0.1) is 27.1 Å². The fourth-order valence-electron chi connectivity index (χ4n) is 2.23. The monoisotopic (exact) mass is 419 g/mol. The van der Waals surface area contributed by atoms with Gasteiger partial charge in [0.15, 0.2) is 11.6 Å². The van der Waals surface area contributed by atoms with Crippen LogP contribution < -0.4 is 10.4 Å². The van der Waals surface area contributed by atoms with Crippen molar-refractivity contribution >= 4 is 38.1 Å². The van der Waals surface area contributed by atoms with Gasteiger partial charge in [-0.2, -0.15) is 9.97 Å². The lowest BCUT2D eigenvalue weighted by molar-refractivity contribution is 1.07. The number of nitrogens with zero attached hydrogens (tertiary/aromatic N) is 3. The minimum absolute atomic E-state index is 0.0688. The molecule has 0 spiro atoms. The molecule has 0 aliphatic heterocycles. The van der Waals surface area contributed by atoms with E-state index in [0.717, 1.165) is 0 Å². The molecule has 3 nitrogen and oxygen atoms in total. The predicted octanol–water partition coefficient (Wildman–Crippen LogP) is 4.95. The second-order valence-corrected chi connectivity index (χ2v) is 18.6. The number of aromatic nitrogens is 3. The molecule has 3 rings (SSSR count). The lowest BCUT2D eigenvalue weighted by Gasteiger charge is -2.18. The van der Waals surface area contributed by atoms with Crippen LogP contribution >= 0.6 is 11.6 Å². The summed E-state index contributed by atoms with van der Waals surface area (Å²) >= 11 is 6.20. The van der Waals surface area contributed by atoms with Crippen molar-refractivity contribution in [2.45, 2.75) is 39.3 Å². The molecule has 0 radical (unpaired) electrons. The Hall–Kier alpha value is -1.83. The number of hydrogen-bond acceptors (Lipinski definition) is 3. The highest BCUT2D eigenvalue weighted by atomic mass is 35.5. The van der Waals surface area contributed by atoms with Crippen molar-refractivity contribution in [3.05, 3.63) is 53.6 Å². The standard InChI is InChI=1S/C21H26ClN3Si2/c1-26(2,3)17-11-7-9-15(13-17)19-23-20(25-21(22)24-19)16-10-8-12-18(14-16)27(4,5)6/h7-14H,1-6H3/i7D,8D,9D,10D,11D,12D,13D,14D. The second kappa shape index (κ2) is 7.30. The Morgan fingerprint density at radius 2 is 1.11 bits per heavy atom. The van der Waals surface area contributed by atoms with Gasteiger partial charge in [-0.05, 0) is 11.6 Å². The number of halogens is 1. The Balaban J connectivity index is 2.44. The first-order chi connectivity index (χ1) is 15.9. The molecule has 0 aliphatic rings. The zero-order valence-electron chi connectivity index (χ0n) is 24.2. The maximum Gasteiger partial charge on any atom is 0.226 e. The van der Waals surface area contributed by atoms with Gasteiger partial charge >= 0.3 is 0 Å². The summed E-state index contributed by atoms with van der Waals surface area (Å²) in [4.78, 5) is 12.5. The second-order valence-electron chi connectivity index (χ2n) is 8.25. The van der Waals surface area contributed by atoms with Crippen molar-refractivity contribution in [1.29, 1.82) is 0 Å². The summed E-state index contributed by atoms with van der Waals surface area (Å²) < 4.78 is 67.7. The predicted molar refractivity (Wildman–Crippen MR) is 122 cm³/mol. The molecule has 1 aromatic heterocycles. The van der Waals surface area contributed by atoms with Crippen LogP contribution in [0.5, 0.6) is 0 Å². The van der Waals surface area contributed by atoms with Gasteiger partial charge in [-0.1, -0.05) is 98.0 Å². The van der Waals surface area contributed by atoms with Crippen molar-refractivity contribution in [3.63, 3.8) is 0 Å². The van der Waals surface area contributed by atoms with Crippen molar-refractivity contribution in [2.24, 2.45) is 0 Å². The largest absolute Gasteiger partial charge is 0.226 e. The Morgan fingerprint density at radius 1 is 0.704 bits per heavy atom. The molecule has 0 saturated carbocycles. The molecule has 0 saturated heterocycles.